The molecule has 1 amide bonds. The Kier molecular flexibility index (Phi) is 4.15. The zero-order valence-electron chi connectivity index (χ0n) is 10.5. The van der Waals surface area contributed by atoms with Crippen LogP contribution >= 0.6 is 0 Å². The lowest BCUT2D eigenvalue weighted by Gasteiger charge is -2.23. The van der Waals surface area contributed by atoms with Gasteiger partial charge in [-0.25, -0.2) is 4.79 Å². The van der Waals surface area contributed by atoms with Crippen molar-refractivity contribution in [2.24, 2.45) is 0 Å². The second-order valence-corrected chi connectivity index (χ2v) is 5.01. The minimum absolute atomic E-state index is 0.408. The number of amides is 1. The van der Waals surface area contributed by atoms with Crippen molar-refractivity contribution in [2.75, 3.05) is 19.8 Å². The van der Waals surface area contributed by atoms with Gasteiger partial charge < -0.3 is 19.5 Å². The van der Waals surface area contributed by atoms with Crippen LogP contribution in [-0.4, -0.2) is 37.2 Å². The van der Waals surface area contributed by atoms with E-state index < -0.39 is 17.5 Å². The predicted octanol–water partition coefficient (Wildman–Crippen LogP) is 1.66. The van der Waals surface area contributed by atoms with Crippen LogP contribution in [0.3, 0.4) is 0 Å². The summed E-state index contributed by atoms with van der Waals surface area (Å²) in [6.07, 6.45) is 0.209. The zero-order chi connectivity index (χ0) is 12.2. The normalized spacial score (nSPS) is 19.5. The van der Waals surface area contributed by atoms with Gasteiger partial charge in [0.05, 0.1) is 13.2 Å². The Bertz CT molecular complexity index is 241. The molecule has 0 radical (unpaired) electrons. The van der Waals surface area contributed by atoms with Crippen LogP contribution in [0.4, 0.5) is 4.79 Å². The molecule has 1 aliphatic rings. The van der Waals surface area contributed by atoms with E-state index in [0.717, 1.165) is 0 Å². The van der Waals surface area contributed by atoms with Crippen molar-refractivity contribution in [2.45, 2.75) is 45.5 Å². The highest BCUT2D eigenvalue weighted by atomic mass is 16.7. The number of carbonyl (C=O) groups excluding carboxylic acids is 1. The number of nitrogens with one attached hydrogen (secondary N) is 1. The molecular weight excluding hydrogens is 210 g/mol. The quantitative estimate of drug-likeness (QED) is 0.802. The maximum Gasteiger partial charge on any atom is 0.407 e. The summed E-state index contributed by atoms with van der Waals surface area (Å²) in [7, 11) is 0. The van der Waals surface area contributed by atoms with Gasteiger partial charge in [-0.15, -0.1) is 0 Å². The van der Waals surface area contributed by atoms with Crippen molar-refractivity contribution in [3.8, 4) is 0 Å². The summed E-state index contributed by atoms with van der Waals surface area (Å²) < 4.78 is 15.9. The Morgan fingerprint density at radius 3 is 2.44 bits per heavy atom. The van der Waals surface area contributed by atoms with Gasteiger partial charge in [0.15, 0.2) is 5.79 Å². The molecule has 1 N–H and O–H groups in total. The number of hydrogen-bond donors (Lipinski definition) is 1. The summed E-state index contributed by atoms with van der Waals surface area (Å²) in [4.78, 5) is 11.3. The van der Waals surface area contributed by atoms with Crippen LogP contribution in [0.25, 0.3) is 0 Å². The topological polar surface area (TPSA) is 56.8 Å². The second kappa shape index (κ2) is 5.01. The van der Waals surface area contributed by atoms with Crippen LogP contribution in [0.1, 0.15) is 34.1 Å². The van der Waals surface area contributed by atoms with E-state index in [4.69, 9.17) is 14.2 Å². The highest BCUT2D eigenvalue weighted by molar-refractivity contribution is 5.67. The van der Waals surface area contributed by atoms with Crippen molar-refractivity contribution < 1.29 is 19.0 Å². The molecule has 0 aliphatic carbocycles. The first-order valence-electron chi connectivity index (χ1n) is 5.56. The number of alkyl carbamates (subject to hydrolysis) is 1. The molecule has 0 saturated carbocycles. The Morgan fingerprint density at radius 1 is 1.38 bits per heavy atom. The summed E-state index contributed by atoms with van der Waals surface area (Å²) in [5, 5.41) is 2.67. The molecule has 0 atom stereocenters. The maximum absolute atomic E-state index is 11.3. The molecule has 1 heterocycles. The number of carbonyl (C=O) groups is 1. The Labute approximate surface area is 96.4 Å². The van der Waals surface area contributed by atoms with Crippen LogP contribution in [0.2, 0.25) is 0 Å². The standard InChI is InChI=1S/C11H21NO4/c1-10(2,3)16-9(13)12-6-5-11(4)14-7-8-15-11/h5-8H2,1-4H3,(H,12,13). The molecule has 94 valence electrons. The molecule has 1 rings (SSSR count). The lowest BCUT2D eigenvalue weighted by atomic mass is 10.2. The molecule has 1 fully saturated rings. The average molecular weight is 231 g/mol. The van der Waals surface area contributed by atoms with E-state index in [-0.39, 0.29) is 0 Å². The third kappa shape index (κ3) is 4.81. The lowest BCUT2D eigenvalue weighted by Crippen LogP contribution is -2.36. The van der Waals surface area contributed by atoms with Crippen LogP contribution in [-0.2, 0) is 14.2 Å². The number of rotatable bonds is 3. The van der Waals surface area contributed by atoms with Crippen molar-refractivity contribution >= 4 is 6.09 Å². The van der Waals surface area contributed by atoms with Crippen molar-refractivity contribution in [1.29, 1.82) is 0 Å². The Balaban J connectivity index is 2.18. The van der Waals surface area contributed by atoms with Crippen molar-refractivity contribution in [3.63, 3.8) is 0 Å². The first-order valence-corrected chi connectivity index (χ1v) is 5.56. The average Bonchev–Trinajstić information content (AvgIpc) is 2.49. The van der Waals surface area contributed by atoms with E-state index in [1.54, 1.807) is 0 Å². The minimum Gasteiger partial charge on any atom is -0.444 e. The molecule has 1 aliphatic heterocycles. The second-order valence-electron chi connectivity index (χ2n) is 5.01. The molecule has 0 aromatic carbocycles. The van der Waals surface area contributed by atoms with Gasteiger partial charge in [0.25, 0.3) is 0 Å². The molecule has 0 bridgehead atoms. The summed E-state index contributed by atoms with van der Waals surface area (Å²) in [5.41, 5.74) is -0.464. The minimum atomic E-state index is -0.561. The van der Waals surface area contributed by atoms with Crippen LogP contribution in [0.15, 0.2) is 0 Å². The van der Waals surface area contributed by atoms with Gasteiger partial charge in [-0.05, 0) is 27.7 Å². The van der Waals surface area contributed by atoms with Crippen molar-refractivity contribution in [3.05, 3.63) is 0 Å². The Morgan fingerprint density at radius 2 is 1.94 bits per heavy atom. The van der Waals surface area contributed by atoms with Gasteiger partial charge in [-0.2, -0.15) is 0 Å². The molecule has 0 aromatic heterocycles. The molecule has 0 spiro atoms. The monoisotopic (exact) mass is 231 g/mol. The van der Waals surface area contributed by atoms with Crippen LogP contribution < -0.4 is 5.32 Å². The SMILES string of the molecule is CC(C)(C)OC(=O)NCCC1(C)OCCO1. The molecule has 0 aromatic rings. The highest BCUT2D eigenvalue weighted by Crippen LogP contribution is 2.21. The summed E-state index contributed by atoms with van der Waals surface area (Å²) in [5.74, 6) is -0.561. The summed E-state index contributed by atoms with van der Waals surface area (Å²) >= 11 is 0. The highest BCUT2D eigenvalue weighted by Gasteiger charge is 2.30. The van der Waals surface area contributed by atoms with Gasteiger partial charge in [-0.1, -0.05) is 0 Å². The maximum atomic E-state index is 11.3. The van der Waals surface area contributed by atoms with E-state index in [1.807, 2.05) is 27.7 Å². The summed E-state index contributed by atoms with van der Waals surface area (Å²) in [6, 6.07) is 0. The first-order chi connectivity index (χ1) is 7.31. The van der Waals surface area contributed by atoms with Gasteiger partial charge in [0.2, 0.25) is 0 Å². The van der Waals surface area contributed by atoms with E-state index in [1.165, 1.54) is 0 Å². The molecule has 5 nitrogen and oxygen atoms in total. The first kappa shape index (κ1) is 13.3. The molecule has 5 heteroatoms. The van der Waals surface area contributed by atoms with Gasteiger partial charge >= 0.3 is 6.09 Å². The fraction of sp³-hybridized carbons (Fsp3) is 0.909. The third-order valence-electron chi connectivity index (χ3n) is 2.15. The molecule has 1 saturated heterocycles. The fourth-order valence-electron chi connectivity index (χ4n) is 1.41. The summed E-state index contributed by atoms with van der Waals surface area (Å²) in [6.45, 7) is 9.07. The van der Waals surface area contributed by atoms with Gasteiger partial charge in [0, 0.05) is 13.0 Å². The van der Waals surface area contributed by atoms with E-state index in [2.05, 4.69) is 5.32 Å². The Hall–Kier alpha value is -0.810. The fourth-order valence-corrected chi connectivity index (χ4v) is 1.41. The third-order valence-corrected chi connectivity index (χ3v) is 2.15. The van der Waals surface area contributed by atoms with E-state index in [0.29, 0.717) is 26.2 Å². The largest absolute Gasteiger partial charge is 0.444 e. The number of hydrogen-bond acceptors (Lipinski definition) is 4. The van der Waals surface area contributed by atoms with Crippen LogP contribution in [0.5, 0.6) is 0 Å². The lowest BCUT2D eigenvalue weighted by molar-refractivity contribution is -0.145. The predicted molar refractivity (Wildman–Crippen MR) is 59.2 cm³/mol. The molecule has 16 heavy (non-hydrogen) atoms. The number of ether oxygens (including phenoxy) is 3. The molecule has 0 unspecified atom stereocenters. The van der Waals surface area contributed by atoms with E-state index >= 15 is 0 Å². The van der Waals surface area contributed by atoms with E-state index in [9.17, 15) is 4.79 Å². The zero-order valence-corrected chi connectivity index (χ0v) is 10.5. The van der Waals surface area contributed by atoms with Gasteiger partial charge in [-0.3, -0.25) is 0 Å². The van der Waals surface area contributed by atoms with Crippen molar-refractivity contribution in [1.82, 2.24) is 5.32 Å². The smallest absolute Gasteiger partial charge is 0.407 e. The van der Waals surface area contributed by atoms with Gasteiger partial charge in [0.1, 0.15) is 5.60 Å². The van der Waals surface area contributed by atoms with Crippen LogP contribution in [0, 0.1) is 0 Å². The molecular formula is C11H21NO4.